The molecular formula is C38H52F2N4O5SSi. The van der Waals surface area contributed by atoms with Crippen molar-refractivity contribution in [1.82, 2.24) is 14.8 Å². The highest BCUT2D eigenvalue weighted by Crippen LogP contribution is 2.41. The minimum atomic E-state index is -1.36. The number of carbonyl (C=O) groups is 3. The number of aromatic nitrogens is 1. The van der Waals surface area contributed by atoms with Gasteiger partial charge in [-0.1, -0.05) is 69.2 Å². The molecule has 2 amide bonds. The van der Waals surface area contributed by atoms with Crippen LogP contribution in [0.25, 0.3) is 11.1 Å². The number of nitrogens with one attached hydrogen (secondary N) is 1. The molecule has 3 aromatic rings. The van der Waals surface area contributed by atoms with Crippen molar-refractivity contribution in [1.29, 1.82) is 0 Å². The van der Waals surface area contributed by atoms with Gasteiger partial charge >= 0.3 is 12.1 Å². The molecule has 278 valence electrons. The molecule has 13 heteroatoms. The van der Waals surface area contributed by atoms with E-state index < -0.39 is 43.9 Å². The van der Waals surface area contributed by atoms with Gasteiger partial charge in [0.25, 0.3) is 0 Å². The van der Waals surface area contributed by atoms with Crippen molar-refractivity contribution in [3.05, 3.63) is 83.7 Å². The van der Waals surface area contributed by atoms with Crippen LogP contribution in [0.3, 0.4) is 0 Å². The normalized spacial score (nSPS) is 14.9. The zero-order valence-electron chi connectivity index (χ0n) is 29.9. The van der Waals surface area contributed by atoms with Crippen LogP contribution in [-0.4, -0.2) is 77.9 Å². The second-order valence-corrected chi connectivity index (χ2v) is 21.2. The summed E-state index contributed by atoms with van der Waals surface area (Å²) in [6, 6.07) is 14.5. The Morgan fingerprint density at radius 1 is 1.08 bits per heavy atom. The number of halogens is 2. The number of amides is 2. The van der Waals surface area contributed by atoms with Gasteiger partial charge in [0.1, 0.15) is 17.7 Å². The van der Waals surface area contributed by atoms with E-state index >= 15 is 4.39 Å². The Morgan fingerprint density at radius 3 is 2.49 bits per heavy atom. The largest absolute Gasteiger partial charge is 0.480 e. The molecule has 1 aliphatic carbocycles. The second-order valence-electron chi connectivity index (χ2n) is 14.5. The molecule has 0 saturated heterocycles. The lowest BCUT2D eigenvalue weighted by molar-refractivity contribution is -0.138. The van der Waals surface area contributed by atoms with Gasteiger partial charge in [0.15, 0.2) is 0 Å². The quantitative estimate of drug-likeness (QED) is 0.0909. The van der Waals surface area contributed by atoms with E-state index in [1.807, 2.05) is 52.1 Å². The number of aliphatic carboxylic acids is 1. The predicted molar refractivity (Wildman–Crippen MR) is 201 cm³/mol. The van der Waals surface area contributed by atoms with Crippen LogP contribution in [0.5, 0.6) is 0 Å². The van der Waals surface area contributed by atoms with E-state index in [2.05, 4.69) is 25.0 Å². The lowest BCUT2D eigenvalue weighted by Gasteiger charge is -2.40. The molecule has 2 unspecified atom stereocenters. The summed E-state index contributed by atoms with van der Waals surface area (Å²) in [6.45, 7) is 8.04. The number of nitrogens with two attached hydrogens (primary N) is 1. The van der Waals surface area contributed by atoms with Gasteiger partial charge in [0, 0.05) is 56.5 Å². The van der Waals surface area contributed by atoms with Crippen molar-refractivity contribution >= 4 is 37.8 Å². The SMILES string of the molecule is C[Si](C)(C)CCOC(=O)NCCCN(C(=O)CSCC(N)C(=O)O)C(c1cc(-c2cc(F)ccc2F)cn1Cc1ccccc1)C1CCCCC1. The van der Waals surface area contributed by atoms with Crippen LogP contribution < -0.4 is 11.1 Å². The van der Waals surface area contributed by atoms with E-state index in [1.54, 1.807) is 0 Å². The first-order chi connectivity index (χ1) is 24.3. The summed E-state index contributed by atoms with van der Waals surface area (Å²) in [5, 5.41) is 12.1. The van der Waals surface area contributed by atoms with Crippen molar-refractivity contribution in [2.45, 2.75) is 82.8 Å². The molecule has 0 aliphatic heterocycles. The molecule has 4 rings (SSSR count). The molecule has 2 aromatic carbocycles. The first-order valence-corrected chi connectivity index (χ1v) is 22.6. The summed E-state index contributed by atoms with van der Waals surface area (Å²) < 4.78 is 37.1. The average molecular weight is 743 g/mol. The summed E-state index contributed by atoms with van der Waals surface area (Å²) in [7, 11) is -1.36. The third kappa shape index (κ3) is 12.5. The van der Waals surface area contributed by atoms with Crippen LogP contribution in [0.15, 0.2) is 60.8 Å². The van der Waals surface area contributed by atoms with Crippen LogP contribution in [-0.2, 0) is 20.9 Å². The maximum Gasteiger partial charge on any atom is 0.407 e. The Balaban J connectivity index is 1.69. The molecule has 0 spiro atoms. The molecule has 0 radical (unpaired) electrons. The van der Waals surface area contributed by atoms with Crippen molar-refractivity contribution < 1.29 is 33.0 Å². The van der Waals surface area contributed by atoms with E-state index in [-0.39, 0.29) is 35.4 Å². The van der Waals surface area contributed by atoms with Gasteiger partial charge in [-0.2, -0.15) is 0 Å². The van der Waals surface area contributed by atoms with E-state index in [0.717, 1.165) is 61.5 Å². The summed E-state index contributed by atoms with van der Waals surface area (Å²) >= 11 is 1.17. The number of carboxylic acid groups (broad SMARTS) is 1. The molecule has 0 bridgehead atoms. The molecule has 1 fully saturated rings. The molecule has 51 heavy (non-hydrogen) atoms. The van der Waals surface area contributed by atoms with E-state index in [0.29, 0.717) is 31.7 Å². The van der Waals surface area contributed by atoms with Gasteiger partial charge in [-0.25, -0.2) is 13.6 Å². The Hall–Kier alpha value is -3.68. The molecule has 9 nitrogen and oxygen atoms in total. The molecule has 2 atom stereocenters. The van der Waals surface area contributed by atoms with E-state index in [9.17, 15) is 23.9 Å². The highest BCUT2D eigenvalue weighted by atomic mass is 32.2. The Morgan fingerprint density at radius 2 is 1.80 bits per heavy atom. The van der Waals surface area contributed by atoms with Crippen LogP contribution in [0.2, 0.25) is 25.7 Å². The zero-order chi connectivity index (χ0) is 37.0. The number of rotatable bonds is 18. The number of hydrogen-bond acceptors (Lipinski definition) is 6. The first kappa shape index (κ1) is 40.1. The summed E-state index contributed by atoms with van der Waals surface area (Å²) in [5.74, 6) is -2.24. The lowest BCUT2D eigenvalue weighted by Crippen LogP contribution is -2.43. The fraction of sp³-hybridized carbons (Fsp3) is 0.500. The second kappa shape index (κ2) is 19.2. The number of alkyl carbamates (subject to hydrolysis) is 1. The number of thioether (sulfide) groups is 1. The minimum absolute atomic E-state index is 0.0150. The van der Waals surface area contributed by atoms with Crippen LogP contribution in [0.4, 0.5) is 13.6 Å². The summed E-state index contributed by atoms with van der Waals surface area (Å²) in [6.07, 6.45) is 6.64. The van der Waals surface area contributed by atoms with Gasteiger partial charge < -0.3 is 30.4 Å². The number of carbonyl (C=O) groups excluding carboxylic acids is 2. The summed E-state index contributed by atoms with van der Waals surface area (Å²) in [4.78, 5) is 39.9. The fourth-order valence-electron chi connectivity index (χ4n) is 6.45. The Labute approximate surface area is 305 Å². The molecule has 1 aliphatic rings. The molecule has 1 heterocycles. The Kier molecular flexibility index (Phi) is 15.1. The van der Waals surface area contributed by atoms with Gasteiger partial charge in [0.2, 0.25) is 5.91 Å². The van der Waals surface area contributed by atoms with E-state index in [1.165, 1.54) is 17.8 Å². The maximum absolute atomic E-state index is 15.2. The van der Waals surface area contributed by atoms with Gasteiger partial charge in [-0.05, 0) is 61.1 Å². The average Bonchev–Trinajstić information content (AvgIpc) is 3.49. The van der Waals surface area contributed by atoms with Crippen LogP contribution in [0.1, 0.15) is 55.8 Å². The standard InChI is InChI=1S/C38H52F2N4O5SSi/c1-51(2,3)20-19-49-38(48)42-17-10-18-44(35(45)26-50-25-33(41)37(46)47)36(28-13-8-5-9-14-28)34-21-29(31-22-30(39)15-16-32(31)40)24-43(34)23-27-11-6-4-7-12-27/h4,6-7,11-12,15-16,21-22,24,28,33,36H,5,8-10,13-14,17-20,23,25-26,41H2,1-3H3,(H,42,48)(H,46,47). The van der Waals surface area contributed by atoms with Crippen LogP contribution in [0, 0.1) is 17.6 Å². The van der Waals surface area contributed by atoms with Crippen molar-refractivity contribution in [2.75, 3.05) is 31.2 Å². The third-order valence-corrected chi connectivity index (χ3v) is 11.9. The minimum Gasteiger partial charge on any atom is -0.480 e. The fourth-order valence-corrected chi connectivity index (χ4v) is 8.02. The van der Waals surface area contributed by atoms with Crippen molar-refractivity contribution in [3.8, 4) is 11.1 Å². The molecule has 1 aromatic heterocycles. The highest BCUT2D eigenvalue weighted by molar-refractivity contribution is 8.00. The molecule has 1 saturated carbocycles. The number of carboxylic acids is 1. The van der Waals surface area contributed by atoms with Gasteiger partial charge in [-0.3, -0.25) is 9.59 Å². The number of hydrogen-bond donors (Lipinski definition) is 3. The smallest absolute Gasteiger partial charge is 0.407 e. The molecular weight excluding hydrogens is 691 g/mol. The van der Waals surface area contributed by atoms with Crippen molar-refractivity contribution in [2.24, 2.45) is 11.7 Å². The maximum atomic E-state index is 15.2. The molecule has 4 N–H and O–H groups in total. The topological polar surface area (TPSA) is 127 Å². The first-order valence-electron chi connectivity index (χ1n) is 17.8. The van der Waals surface area contributed by atoms with Crippen molar-refractivity contribution in [3.63, 3.8) is 0 Å². The Bertz CT molecular complexity index is 1600. The number of benzene rings is 2. The highest BCUT2D eigenvalue weighted by Gasteiger charge is 2.35. The van der Waals surface area contributed by atoms with Crippen LogP contribution >= 0.6 is 11.8 Å². The lowest BCUT2D eigenvalue weighted by atomic mass is 9.81. The zero-order valence-corrected chi connectivity index (χ0v) is 31.7. The number of nitrogens with zero attached hydrogens (tertiary/aromatic N) is 2. The monoisotopic (exact) mass is 742 g/mol. The van der Waals surface area contributed by atoms with Gasteiger partial charge in [-0.15, -0.1) is 11.8 Å². The number of ether oxygens (including phenoxy) is 1. The third-order valence-electron chi connectivity index (χ3n) is 9.19. The predicted octanol–water partition coefficient (Wildman–Crippen LogP) is 7.53. The van der Waals surface area contributed by atoms with Gasteiger partial charge in [0.05, 0.1) is 18.4 Å². The van der Waals surface area contributed by atoms with E-state index in [4.69, 9.17) is 10.5 Å². The summed E-state index contributed by atoms with van der Waals surface area (Å²) in [5.41, 5.74) is 8.22.